The highest BCUT2D eigenvalue weighted by atomic mass is 16.2. The second-order valence-electron chi connectivity index (χ2n) is 2.74. The molecular weight excluding hydrogens is 153 g/mol. The van der Waals surface area contributed by atoms with Crippen molar-refractivity contribution in [3.8, 4) is 0 Å². The van der Waals surface area contributed by atoms with E-state index in [1.165, 1.54) is 0 Å². The molecule has 1 aliphatic heterocycles. The van der Waals surface area contributed by atoms with Crippen LogP contribution < -0.4 is 0 Å². The van der Waals surface area contributed by atoms with Crippen LogP contribution in [0.4, 0.5) is 0 Å². The molecule has 1 fully saturated rings. The Morgan fingerprint density at radius 3 is 2.08 bits per heavy atom. The van der Waals surface area contributed by atoms with Crippen LogP contribution in [-0.4, -0.2) is 35.8 Å². The third-order valence-corrected chi connectivity index (χ3v) is 1.91. The van der Waals surface area contributed by atoms with Crippen LogP contribution in [-0.2, 0) is 4.79 Å². The van der Waals surface area contributed by atoms with Gasteiger partial charge in [0.15, 0.2) is 0 Å². The number of carbonyl (C=O) groups is 1. The van der Waals surface area contributed by atoms with E-state index in [1.807, 2.05) is 13.8 Å². The van der Waals surface area contributed by atoms with Crippen molar-refractivity contribution in [2.75, 3.05) is 13.1 Å². The number of amides is 1. The van der Waals surface area contributed by atoms with Gasteiger partial charge in [0.05, 0.1) is 0 Å². The van der Waals surface area contributed by atoms with Crippen LogP contribution >= 0.6 is 0 Å². The first kappa shape index (κ1) is 11.5. The fraction of sp³-hybridized carbons (Fsp3) is 0.875. The van der Waals surface area contributed by atoms with E-state index in [1.54, 1.807) is 11.8 Å². The molecule has 0 aromatic rings. The Morgan fingerprint density at radius 1 is 1.33 bits per heavy atom. The minimum Gasteiger partial charge on any atom is -0.450 e. The molecule has 70 valence electrons. The molecule has 12 heavy (non-hydrogen) atoms. The van der Waals surface area contributed by atoms with Crippen LogP contribution in [0.3, 0.4) is 0 Å². The zero-order valence-corrected chi connectivity index (χ0v) is 8.21. The normalized spacial score (nSPS) is 16.7. The summed E-state index contributed by atoms with van der Waals surface area (Å²) < 4.78 is 0. The maximum atomic E-state index is 10.7. The summed E-state index contributed by atoms with van der Waals surface area (Å²) in [7, 11) is 0. The lowest BCUT2D eigenvalue weighted by Crippen LogP contribution is -2.39. The van der Waals surface area contributed by atoms with Gasteiger partial charge in [0.25, 0.3) is 6.92 Å². The summed E-state index contributed by atoms with van der Waals surface area (Å²) >= 11 is 0. The molecule has 0 radical (unpaired) electrons. The van der Waals surface area contributed by atoms with Gasteiger partial charge in [-0.15, -0.1) is 0 Å². The average molecular weight is 171 g/mol. The maximum Gasteiger partial charge on any atom is 0.292 e. The molecule has 0 aliphatic carbocycles. The number of hydrogen-bond donors (Lipinski definition) is 1. The molecule has 0 aromatic carbocycles. The molecule has 1 heterocycles. The molecule has 1 N–H and O–H groups in total. The van der Waals surface area contributed by atoms with Crippen LogP contribution in [0.1, 0.15) is 20.8 Å². The number of carbonyl (C=O) groups excluding carboxylic acids is 1. The monoisotopic (exact) mass is 171 g/mol. The second kappa shape index (κ2) is 6.06. The Hall–Kier alpha value is -0.505. The molecule has 0 spiro atoms. The van der Waals surface area contributed by atoms with Gasteiger partial charge < -0.3 is 9.92 Å². The van der Waals surface area contributed by atoms with Gasteiger partial charge in [0.2, 0.25) is 5.91 Å². The minimum atomic E-state index is -0.185. The number of rotatable bonds is 0. The molecular formula is C8H18BNO2. The largest absolute Gasteiger partial charge is 0.450 e. The van der Waals surface area contributed by atoms with E-state index < -0.39 is 0 Å². The van der Waals surface area contributed by atoms with Crippen LogP contribution in [0.2, 0.25) is 12.6 Å². The summed E-state index contributed by atoms with van der Waals surface area (Å²) in [5, 5.41) is 9.07. The maximum absolute atomic E-state index is 10.7. The molecule has 3 nitrogen and oxygen atoms in total. The van der Waals surface area contributed by atoms with Gasteiger partial charge in [0, 0.05) is 20.0 Å². The smallest absolute Gasteiger partial charge is 0.292 e. The SMILES string of the molecule is CC.CC(=O)N1CCB(O)CC1. The molecule has 0 unspecified atom stereocenters. The Morgan fingerprint density at radius 2 is 1.75 bits per heavy atom. The molecule has 1 saturated heterocycles. The van der Waals surface area contributed by atoms with Crippen LogP contribution in [0.5, 0.6) is 0 Å². The molecule has 1 amide bonds. The molecule has 0 aromatic heterocycles. The molecule has 0 atom stereocenters. The van der Waals surface area contributed by atoms with Gasteiger partial charge >= 0.3 is 0 Å². The predicted molar refractivity (Wildman–Crippen MR) is 51.2 cm³/mol. The van der Waals surface area contributed by atoms with Crippen molar-refractivity contribution < 1.29 is 9.82 Å². The average Bonchev–Trinajstić information content (AvgIpc) is 2.09. The van der Waals surface area contributed by atoms with E-state index in [-0.39, 0.29) is 12.8 Å². The van der Waals surface area contributed by atoms with E-state index in [4.69, 9.17) is 5.02 Å². The van der Waals surface area contributed by atoms with E-state index in [9.17, 15) is 4.79 Å². The summed E-state index contributed by atoms with van der Waals surface area (Å²) in [4.78, 5) is 12.5. The van der Waals surface area contributed by atoms with Crippen LogP contribution in [0, 0.1) is 0 Å². The van der Waals surface area contributed by atoms with Crippen molar-refractivity contribution in [1.82, 2.24) is 4.90 Å². The Balaban J connectivity index is 0.000000561. The summed E-state index contributed by atoms with van der Waals surface area (Å²) in [6.07, 6.45) is 1.47. The van der Waals surface area contributed by atoms with E-state index >= 15 is 0 Å². The Labute approximate surface area is 74.9 Å². The molecule has 1 aliphatic rings. The highest BCUT2D eigenvalue weighted by molar-refractivity contribution is 6.50. The van der Waals surface area contributed by atoms with Gasteiger partial charge in [0.1, 0.15) is 0 Å². The molecule has 1 rings (SSSR count). The number of nitrogens with zero attached hydrogens (tertiary/aromatic N) is 1. The van der Waals surface area contributed by atoms with Gasteiger partial charge in [-0.1, -0.05) is 13.8 Å². The summed E-state index contributed by atoms with van der Waals surface area (Å²) in [6, 6.07) is 0. The first-order chi connectivity index (χ1) is 5.70. The fourth-order valence-corrected chi connectivity index (χ4v) is 1.18. The van der Waals surface area contributed by atoms with Gasteiger partial charge in [-0.3, -0.25) is 4.79 Å². The summed E-state index contributed by atoms with van der Waals surface area (Å²) in [5.41, 5.74) is 0. The van der Waals surface area contributed by atoms with Crippen molar-refractivity contribution in [2.24, 2.45) is 0 Å². The zero-order valence-electron chi connectivity index (χ0n) is 8.21. The third kappa shape index (κ3) is 3.76. The highest BCUT2D eigenvalue weighted by Gasteiger charge is 2.21. The summed E-state index contributed by atoms with van der Waals surface area (Å²) in [6.45, 7) is 6.82. The zero-order chi connectivity index (χ0) is 9.56. The van der Waals surface area contributed by atoms with Crippen LogP contribution in [0.25, 0.3) is 0 Å². The van der Waals surface area contributed by atoms with Crippen LogP contribution in [0.15, 0.2) is 0 Å². The lowest BCUT2D eigenvalue weighted by Gasteiger charge is -2.26. The van der Waals surface area contributed by atoms with Gasteiger partial charge in [-0.2, -0.15) is 0 Å². The fourth-order valence-electron chi connectivity index (χ4n) is 1.18. The van der Waals surface area contributed by atoms with Crippen molar-refractivity contribution in [2.45, 2.75) is 33.4 Å². The van der Waals surface area contributed by atoms with Crippen molar-refractivity contribution in [1.29, 1.82) is 0 Å². The quantitative estimate of drug-likeness (QED) is 0.549. The molecule has 0 saturated carbocycles. The minimum absolute atomic E-state index is 0.118. The van der Waals surface area contributed by atoms with Crippen molar-refractivity contribution >= 4 is 12.8 Å². The van der Waals surface area contributed by atoms with E-state index in [0.717, 1.165) is 25.7 Å². The molecule has 4 heteroatoms. The van der Waals surface area contributed by atoms with Gasteiger partial charge in [-0.25, -0.2) is 0 Å². The third-order valence-electron chi connectivity index (χ3n) is 1.91. The first-order valence-corrected chi connectivity index (χ1v) is 4.63. The first-order valence-electron chi connectivity index (χ1n) is 4.63. The van der Waals surface area contributed by atoms with Crippen molar-refractivity contribution in [3.63, 3.8) is 0 Å². The Bertz CT molecular complexity index is 133. The van der Waals surface area contributed by atoms with Crippen molar-refractivity contribution in [3.05, 3.63) is 0 Å². The standard InChI is InChI=1S/C6H12BNO2.C2H6/c1-6(9)8-4-2-7(10)3-5-8;1-2/h10H,2-5H2,1H3;1-2H3. The van der Waals surface area contributed by atoms with Gasteiger partial charge in [-0.05, 0) is 12.6 Å². The number of hydrogen-bond acceptors (Lipinski definition) is 2. The summed E-state index contributed by atoms with van der Waals surface area (Å²) in [5.74, 6) is 0.118. The predicted octanol–water partition coefficient (Wildman–Crippen LogP) is 0.859. The lowest BCUT2D eigenvalue weighted by atomic mass is 9.60. The highest BCUT2D eigenvalue weighted by Crippen LogP contribution is 2.08. The second-order valence-corrected chi connectivity index (χ2v) is 2.74. The lowest BCUT2D eigenvalue weighted by molar-refractivity contribution is -0.128. The molecule has 0 bridgehead atoms. The van der Waals surface area contributed by atoms with E-state index in [0.29, 0.717) is 0 Å². The van der Waals surface area contributed by atoms with E-state index in [2.05, 4.69) is 0 Å². The topological polar surface area (TPSA) is 40.5 Å². The Kier molecular flexibility index (Phi) is 5.81.